The molecule has 0 saturated carbocycles. The molecular weight excluding hydrogens is 288 g/mol. The molecule has 0 N–H and O–H groups in total. The average molecular weight is 310 g/mol. The van der Waals surface area contributed by atoms with Crippen LogP contribution in [-0.2, 0) is 6.42 Å². The van der Waals surface area contributed by atoms with Gasteiger partial charge >= 0.3 is 0 Å². The van der Waals surface area contributed by atoms with Gasteiger partial charge in [0.2, 0.25) is 0 Å². The van der Waals surface area contributed by atoms with Gasteiger partial charge in [0.05, 0.1) is 26.9 Å². The smallest absolute Gasteiger partial charge is 0.134 e. The Hall–Kier alpha value is -2.42. The van der Waals surface area contributed by atoms with Gasteiger partial charge in [0.1, 0.15) is 17.2 Å². The van der Waals surface area contributed by atoms with Crippen LogP contribution in [0.4, 0.5) is 0 Å². The molecule has 0 saturated heterocycles. The average Bonchev–Trinajstić information content (AvgIpc) is 3.03. The van der Waals surface area contributed by atoms with Gasteiger partial charge in [-0.1, -0.05) is 36.8 Å². The van der Waals surface area contributed by atoms with E-state index in [1.165, 1.54) is 16.7 Å². The first-order valence-electron chi connectivity index (χ1n) is 7.83. The van der Waals surface area contributed by atoms with E-state index in [-0.39, 0.29) is 0 Å². The summed E-state index contributed by atoms with van der Waals surface area (Å²) in [6.07, 6.45) is 4.40. The summed E-state index contributed by atoms with van der Waals surface area (Å²) in [4.78, 5) is 0. The SMILES string of the molecule is CCC1=Cc2c(cccc2-c2c(OC)cc(OC)cc2OC)C1. The van der Waals surface area contributed by atoms with Gasteiger partial charge in [-0.2, -0.15) is 0 Å². The molecule has 1 aliphatic rings. The maximum atomic E-state index is 5.62. The summed E-state index contributed by atoms with van der Waals surface area (Å²) in [6.45, 7) is 2.20. The third-order valence-corrected chi connectivity index (χ3v) is 4.40. The molecule has 0 unspecified atom stereocenters. The van der Waals surface area contributed by atoms with Gasteiger partial charge in [-0.3, -0.25) is 0 Å². The molecule has 0 bridgehead atoms. The van der Waals surface area contributed by atoms with Crippen LogP contribution in [0.2, 0.25) is 0 Å². The molecule has 0 fully saturated rings. The first kappa shape index (κ1) is 15.5. The number of ether oxygens (including phenoxy) is 3. The normalized spacial score (nSPS) is 12.6. The maximum Gasteiger partial charge on any atom is 0.134 e. The summed E-state index contributed by atoms with van der Waals surface area (Å²) in [6, 6.07) is 10.2. The van der Waals surface area contributed by atoms with Crippen LogP contribution < -0.4 is 14.2 Å². The van der Waals surface area contributed by atoms with Crippen molar-refractivity contribution in [2.45, 2.75) is 19.8 Å². The first-order valence-corrected chi connectivity index (χ1v) is 7.83. The topological polar surface area (TPSA) is 27.7 Å². The van der Waals surface area contributed by atoms with Gasteiger partial charge in [-0.25, -0.2) is 0 Å². The van der Waals surface area contributed by atoms with Crippen molar-refractivity contribution in [2.24, 2.45) is 0 Å². The molecule has 0 aliphatic heterocycles. The fourth-order valence-corrected chi connectivity index (χ4v) is 3.15. The van der Waals surface area contributed by atoms with Crippen LogP contribution in [0, 0.1) is 0 Å². The summed E-state index contributed by atoms with van der Waals surface area (Å²) >= 11 is 0. The Labute approximate surface area is 137 Å². The number of benzene rings is 2. The highest BCUT2D eigenvalue weighted by atomic mass is 16.5. The number of allylic oxidation sites excluding steroid dienone is 1. The standard InChI is InChI=1S/C20H22O3/c1-5-13-9-14-7-6-8-16(17(14)10-13)20-18(22-3)11-15(21-2)12-19(20)23-4/h6-8,10-12H,5,9H2,1-4H3. The quantitative estimate of drug-likeness (QED) is 0.799. The van der Waals surface area contributed by atoms with E-state index in [9.17, 15) is 0 Å². The zero-order valence-corrected chi connectivity index (χ0v) is 14.1. The van der Waals surface area contributed by atoms with Gasteiger partial charge in [-0.15, -0.1) is 0 Å². The fourth-order valence-electron chi connectivity index (χ4n) is 3.15. The molecule has 3 rings (SSSR count). The third kappa shape index (κ3) is 2.67. The summed E-state index contributed by atoms with van der Waals surface area (Å²) < 4.78 is 16.6. The highest BCUT2D eigenvalue weighted by molar-refractivity contribution is 5.87. The van der Waals surface area contributed by atoms with E-state index in [0.717, 1.165) is 41.2 Å². The van der Waals surface area contributed by atoms with E-state index in [0.29, 0.717) is 0 Å². The molecule has 23 heavy (non-hydrogen) atoms. The van der Waals surface area contributed by atoms with Gasteiger partial charge in [0, 0.05) is 12.1 Å². The van der Waals surface area contributed by atoms with Crippen LogP contribution in [0.25, 0.3) is 17.2 Å². The van der Waals surface area contributed by atoms with E-state index in [1.54, 1.807) is 21.3 Å². The summed E-state index contributed by atoms with van der Waals surface area (Å²) in [5, 5.41) is 0. The number of methoxy groups -OCH3 is 3. The van der Waals surface area contributed by atoms with Crippen molar-refractivity contribution in [3.05, 3.63) is 47.0 Å². The largest absolute Gasteiger partial charge is 0.496 e. The lowest BCUT2D eigenvalue weighted by Gasteiger charge is -2.17. The number of rotatable bonds is 5. The second-order valence-electron chi connectivity index (χ2n) is 5.62. The van der Waals surface area contributed by atoms with Crippen LogP contribution in [0.1, 0.15) is 24.5 Å². The summed E-state index contributed by atoms with van der Waals surface area (Å²) in [5.74, 6) is 2.24. The fraction of sp³-hybridized carbons (Fsp3) is 0.300. The zero-order chi connectivity index (χ0) is 16.4. The van der Waals surface area contributed by atoms with Gasteiger partial charge < -0.3 is 14.2 Å². The first-order chi connectivity index (χ1) is 11.2. The lowest BCUT2D eigenvalue weighted by Crippen LogP contribution is -1.97. The Balaban J connectivity index is 2.24. The Morgan fingerprint density at radius 2 is 1.65 bits per heavy atom. The maximum absolute atomic E-state index is 5.62. The lowest BCUT2D eigenvalue weighted by molar-refractivity contribution is 0.377. The van der Waals surface area contributed by atoms with Gasteiger partial charge in [0.25, 0.3) is 0 Å². The number of fused-ring (bicyclic) bond motifs is 1. The molecule has 1 aliphatic carbocycles. The van der Waals surface area contributed by atoms with Crippen molar-refractivity contribution >= 4 is 6.08 Å². The molecule has 120 valence electrons. The van der Waals surface area contributed by atoms with E-state index in [1.807, 2.05) is 12.1 Å². The Morgan fingerprint density at radius 1 is 0.957 bits per heavy atom. The van der Waals surface area contributed by atoms with Gasteiger partial charge in [-0.05, 0) is 29.5 Å². The molecule has 0 amide bonds. The highest BCUT2D eigenvalue weighted by Crippen LogP contribution is 2.45. The minimum atomic E-state index is 0.722. The molecule has 3 heteroatoms. The van der Waals surface area contributed by atoms with Gasteiger partial charge in [0.15, 0.2) is 0 Å². The molecule has 2 aromatic rings. The van der Waals surface area contributed by atoms with Crippen LogP contribution >= 0.6 is 0 Å². The van der Waals surface area contributed by atoms with Crippen molar-refractivity contribution in [3.8, 4) is 28.4 Å². The lowest BCUT2D eigenvalue weighted by atomic mass is 9.95. The van der Waals surface area contributed by atoms with E-state index in [4.69, 9.17) is 14.2 Å². The van der Waals surface area contributed by atoms with E-state index in [2.05, 4.69) is 31.2 Å². The van der Waals surface area contributed by atoms with Crippen LogP contribution in [0.15, 0.2) is 35.9 Å². The monoisotopic (exact) mass is 310 g/mol. The Bertz CT molecular complexity index is 734. The number of hydrogen-bond acceptors (Lipinski definition) is 3. The predicted octanol–water partition coefficient (Wildman–Crippen LogP) is 4.73. The van der Waals surface area contributed by atoms with Crippen LogP contribution in [0.5, 0.6) is 17.2 Å². The van der Waals surface area contributed by atoms with Crippen molar-refractivity contribution in [1.82, 2.24) is 0 Å². The third-order valence-electron chi connectivity index (χ3n) is 4.40. The number of hydrogen-bond donors (Lipinski definition) is 0. The summed E-state index contributed by atoms with van der Waals surface area (Å²) in [7, 11) is 4.99. The second kappa shape index (κ2) is 6.37. The van der Waals surface area contributed by atoms with Crippen LogP contribution in [-0.4, -0.2) is 21.3 Å². The minimum Gasteiger partial charge on any atom is -0.496 e. The molecule has 2 aromatic carbocycles. The van der Waals surface area contributed by atoms with Crippen LogP contribution in [0.3, 0.4) is 0 Å². The molecule has 0 aromatic heterocycles. The van der Waals surface area contributed by atoms with Crippen molar-refractivity contribution in [2.75, 3.05) is 21.3 Å². The second-order valence-corrected chi connectivity index (χ2v) is 5.62. The Morgan fingerprint density at radius 3 is 2.22 bits per heavy atom. The highest BCUT2D eigenvalue weighted by Gasteiger charge is 2.21. The van der Waals surface area contributed by atoms with Crippen molar-refractivity contribution < 1.29 is 14.2 Å². The van der Waals surface area contributed by atoms with Crippen molar-refractivity contribution in [3.63, 3.8) is 0 Å². The molecule has 0 heterocycles. The Kier molecular flexibility index (Phi) is 4.28. The van der Waals surface area contributed by atoms with E-state index < -0.39 is 0 Å². The zero-order valence-electron chi connectivity index (χ0n) is 14.1. The van der Waals surface area contributed by atoms with E-state index >= 15 is 0 Å². The molecular formula is C20H22O3. The van der Waals surface area contributed by atoms with Crippen molar-refractivity contribution in [1.29, 1.82) is 0 Å². The molecule has 0 atom stereocenters. The molecule has 0 spiro atoms. The molecule has 0 radical (unpaired) electrons. The molecule has 3 nitrogen and oxygen atoms in total. The minimum absolute atomic E-state index is 0.722. The predicted molar refractivity (Wildman–Crippen MR) is 93.5 cm³/mol. The summed E-state index contributed by atoms with van der Waals surface area (Å²) in [5.41, 5.74) is 6.20.